The lowest BCUT2D eigenvalue weighted by molar-refractivity contribution is 0.103. The van der Waals surface area contributed by atoms with Crippen molar-refractivity contribution in [2.75, 3.05) is 37.4 Å². The highest BCUT2D eigenvalue weighted by molar-refractivity contribution is 7.20. The summed E-state index contributed by atoms with van der Waals surface area (Å²) < 4.78 is 1.88. The first-order valence-corrected chi connectivity index (χ1v) is 11.0. The minimum absolute atomic E-state index is 0.207. The summed E-state index contributed by atoms with van der Waals surface area (Å²) in [6.45, 7) is 5.67. The van der Waals surface area contributed by atoms with Crippen LogP contribution >= 0.6 is 11.3 Å². The van der Waals surface area contributed by atoms with Crippen molar-refractivity contribution >= 4 is 44.9 Å². The van der Waals surface area contributed by atoms with Gasteiger partial charge in [0, 0.05) is 36.9 Å². The van der Waals surface area contributed by atoms with Crippen molar-refractivity contribution < 1.29 is 4.79 Å². The quantitative estimate of drug-likeness (QED) is 0.526. The second-order valence-electron chi connectivity index (χ2n) is 8.17. The lowest BCUT2D eigenvalue weighted by Crippen LogP contribution is -2.32. The number of aryl methyl sites for hydroxylation is 2. The van der Waals surface area contributed by atoms with Crippen molar-refractivity contribution in [3.8, 4) is 0 Å². The number of nitrogens with zero attached hydrogens (tertiary/aromatic N) is 7. The third kappa shape index (κ3) is 3.72. The Morgan fingerprint density at radius 2 is 2.06 bits per heavy atom. The first-order valence-electron chi connectivity index (χ1n) is 10.2. The molecule has 1 saturated heterocycles. The Balaban J connectivity index is 1.37. The Morgan fingerprint density at radius 3 is 2.84 bits per heavy atom. The Kier molecular flexibility index (Phi) is 4.82. The molecule has 1 amide bonds. The van der Waals surface area contributed by atoms with Gasteiger partial charge in [0.15, 0.2) is 5.65 Å². The van der Waals surface area contributed by atoms with E-state index in [1.807, 2.05) is 30.5 Å². The summed E-state index contributed by atoms with van der Waals surface area (Å²) in [6.07, 6.45) is 6.59. The molecule has 0 bridgehead atoms. The van der Waals surface area contributed by atoms with Crippen molar-refractivity contribution in [3.05, 3.63) is 40.9 Å². The van der Waals surface area contributed by atoms with Gasteiger partial charge in [0.05, 0.1) is 22.5 Å². The van der Waals surface area contributed by atoms with Crippen LogP contribution in [-0.4, -0.2) is 68.4 Å². The van der Waals surface area contributed by atoms with Crippen LogP contribution in [0.15, 0.2) is 24.7 Å². The Hall–Kier alpha value is -3.11. The number of carbonyl (C=O) groups is 1. The van der Waals surface area contributed by atoms with Crippen molar-refractivity contribution in [2.24, 2.45) is 0 Å². The molecule has 31 heavy (non-hydrogen) atoms. The third-order valence-electron chi connectivity index (χ3n) is 5.63. The number of anilines is 2. The maximum Gasteiger partial charge on any atom is 0.267 e. The van der Waals surface area contributed by atoms with Gasteiger partial charge in [-0.2, -0.15) is 0 Å². The predicted octanol–water partition coefficient (Wildman–Crippen LogP) is 2.74. The summed E-state index contributed by atoms with van der Waals surface area (Å²) in [5.74, 6) is 1.01. The van der Waals surface area contributed by atoms with E-state index in [9.17, 15) is 4.79 Å². The zero-order chi connectivity index (χ0) is 21.7. The summed E-state index contributed by atoms with van der Waals surface area (Å²) in [4.78, 5) is 36.9. The molecule has 5 heterocycles. The van der Waals surface area contributed by atoms with E-state index in [0.717, 1.165) is 52.7 Å². The number of nitrogens with one attached hydrogen (secondary N) is 1. The fourth-order valence-corrected chi connectivity index (χ4v) is 4.84. The van der Waals surface area contributed by atoms with Crippen LogP contribution < -0.4 is 10.2 Å². The van der Waals surface area contributed by atoms with E-state index in [1.165, 1.54) is 11.3 Å². The van der Waals surface area contributed by atoms with E-state index < -0.39 is 0 Å². The molecule has 4 aromatic rings. The largest absolute Gasteiger partial charge is 0.339 e. The Morgan fingerprint density at radius 1 is 1.23 bits per heavy atom. The summed E-state index contributed by atoms with van der Waals surface area (Å²) in [7, 11) is 4.20. The molecule has 1 aliphatic rings. The second-order valence-corrected chi connectivity index (χ2v) is 9.20. The maximum absolute atomic E-state index is 12.9. The summed E-state index contributed by atoms with van der Waals surface area (Å²) in [5, 5.41) is 3.76. The second kappa shape index (κ2) is 7.54. The molecule has 1 atom stereocenters. The van der Waals surface area contributed by atoms with Gasteiger partial charge in [-0.1, -0.05) is 0 Å². The molecule has 0 unspecified atom stereocenters. The molecule has 9 nitrogen and oxygen atoms in total. The monoisotopic (exact) mass is 436 g/mol. The molecule has 4 aromatic heterocycles. The van der Waals surface area contributed by atoms with E-state index in [1.54, 1.807) is 12.4 Å². The fourth-order valence-electron chi connectivity index (χ4n) is 3.94. The highest BCUT2D eigenvalue weighted by Gasteiger charge is 2.26. The first-order chi connectivity index (χ1) is 14.9. The van der Waals surface area contributed by atoms with Crippen LogP contribution in [-0.2, 0) is 0 Å². The summed E-state index contributed by atoms with van der Waals surface area (Å²) >= 11 is 1.37. The Bertz CT molecular complexity index is 1290. The minimum Gasteiger partial charge on any atom is -0.339 e. The van der Waals surface area contributed by atoms with Crippen LogP contribution in [0.2, 0.25) is 0 Å². The van der Waals surface area contributed by atoms with Crippen LogP contribution in [0.1, 0.15) is 27.5 Å². The molecule has 160 valence electrons. The van der Waals surface area contributed by atoms with Gasteiger partial charge >= 0.3 is 0 Å². The van der Waals surface area contributed by atoms with E-state index in [2.05, 4.69) is 44.2 Å². The maximum atomic E-state index is 12.9. The first kappa shape index (κ1) is 19.8. The number of fused-ring (bicyclic) bond motifs is 2. The number of imidazole rings is 1. The van der Waals surface area contributed by atoms with Crippen molar-refractivity contribution in [1.82, 2.24) is 29.2 Å². The van der Waals surface area contributed by atoms with Gasteiger partial charge in [0.25, 0.3) is 5.91 Å². The SMILES string of the molecule is Cc1cn2cc(NC(=O)c3cc4cnc(N5CC[C@H](N(C)C)C5)nc4s3)nc(C)c2n1. The molecule has 0 aromatic carbocycles. The molecule has 10 heteroatoms. The van der Waals surface area contributed by atoms with Crippen molar-refractivity contribution in [1.29, 1.82) is 0 Å². The molecular weight excluding hydrogens is 412 g/mol. The minimum atomic E-state index is -0.207. The van der Waals surface area contributed by atoms with E-state index in [0.29, 0.717) is 16.7 Å². The van der Waals surface area contributed by atoms with Crippen LogP contribution in [0.5, 0.6) is 0 Å². The van der Waals surface area contributed by atoms with Crippen LogP contribution in [0.3, 0.4) is 0 Å². The molecule has 1 N–H and O–H groups in total. The number of hydrogen-bond acceptors (Lipinski definition) is 8. The fraction of sp³-hybridized carbons (Fsp3) is 0.381. The zero-order valence-electron chi connectivity index (χ0n) is 18.0. The van der Waals surface area contributed by atoms with Gasteiger partial charge in [0.2, 0.25) is 5.95 Å². The van der Waals surface area contributed by atoms with Gasteiger partial charge < -0.3 is 19.5 Å². The normalized spacial score (nSPS) is 16.7. The number of thiophene rings is 1. The van der Waals surface area contributed by atoms with Gasteiger partial charge in [-0.05, 0) is 40.4 Å². The van der Waals surface area contributed by atoms with E-state index in [4.69, 9.17) is 4.98 Å². The van der Waals surface area contributed by atoms with Crippen molar-refractivity contribution in [3.63, 3.8) is 0 Å². The molecule has 1 aliphatic heterocycles. The van der Waals surface area contributed by atoms with E-state index >= 15 is 0 Å². The summed E-state index contributed by atoms with van der Waals surface area (Å²) in [6, 6.07) is 2.34. The number of carbonyl (C=O) groups excluding carboxylic acids is 1. The van der Waals surface area contributed by atoms with Crippen LogP contribution in [0.25, 0.3) is 15.9 Å². The van der Waals surface area contributed by atoms with Gasteiger partial charge in [-0.15, -0.1) is 11.3 Å². The number of rotatable bonds is 4. The van der Waals surface area contributed by atoms with Gasteiger partial charge in [-0.25, -0.2) is 19.9 Å². The smallest absolute Gasteiger partial charge is 0.267 e. The Labute approximate surface area is 183 Å². The van der Waals surface area contributed by atoms with Gasteiger partial charge in [0.1, 0.15) is 10.6 Å². The zero-order valence-corrected chi connectivity index (χ0v) is 18.8. The third-order valence-corrected chi connectivity index (χ3v) is 6.67. The number of aromatic nitrogens is 5. The molecule has 0 spiro atoms. The summed E-state index contributed by atoms with van der Waals surface area (Å²) in [5.41, 5.74) is 2.46. The number of amides is 1. The highest BCUT2D eigenvalue weighted by atomic mass is 32.1. The lowest BCUT2D eigenvalue weighted by Gasteiger charge is -2.20. The molecule has 5 rings (SSSR count). The number of hydrogen-bond donors (Lipinski definition) is 1. The van der Waals surface area contributed by atoms with E-state index in [-0.39, 0.29) is 5.91 Å². The molecular formula is C21H24N8OS. The lowest BCUT2D eigenvalue weighted by atomic mass is 10.2. The molecule has 0 aliphatic carbocycles. The number of likely N-dealkylation sites (N-methyl/N-ethyl adjacent to an activating group) is 1. The predicted molar refractivity (Wildman–Crippen MR) is 122 cm³/mol. The molecule has 1 fully saturated rings. The average molecular weight is 437 g/mol. The molecule has 0 radical (unpaired) electrons. The average Bonchev–Trinajstić information content (AvgIpc) is 3.44. The van der Waals surface area contributed by atoms with Crippen molar-refractivity contribution in [2.45, 2.75) is 26.3 Å². The van der Waals surface area contributed by atoms with Gasteiger partial charge in [-0.3, -0.25) is 4.79 Å². The van der Waals surface area contributed by atoms with Crippen LogP contribution in [0, 0.1) is 13.8 Å². The highest BCUT2D eigenvalue weighted by Crippen LogP contribution is 2.27. The topological polar surface area (TPSA) is 91.6 Å². The standard InChI is InChI=1S/C21H24N8OS/c1-12-9-29-11-17(24-13(2)18(29)23-12)25-19(30)16-7-14-8-22-21(26-20(14)31-16)28-6-5-15(10-28)27(3)4/h7-9,11,15H,5-6,10H2,1-4H3,(H,25,30)/t15-/m0/s1. The molecule has 0 saturated carbocycles. The van der Waals surface area contributed by atoms with Crippen LogP contribution in [0.4, 0.5) is 11.8 Å².